The summed E-state index contributed by atoms with van der Waals surface area (Å²) in [5, 5.41) is 9.64. The van der Waals surface area contributed by atoms with E-state index in [9.17, 15) is 13.6 Å². The van der Waals surface area contributed by atoms with Crippen LogP contribution in [0, 0.1) is 11.6 Å². The zero-order chi connectivity index (χ0) is 17.9. The van der Waals surface area contributed by atoms with E-state index < -0.39 is 11.6 Å². The van der Waals surface area contributed by atoms with E-state index in [1.165, 1.54) is 24.5 Å². The zero-order valence-electron chi connectivity index (χ0n) is 12.8. The van der Waals surface area contributed by atoms with Gasteiger partial charge in [0, 0.05) is 24.2 Å². The van der Waals surface area contributed by atoms with Crippen LogP contribution in [-0.4, -0.2) is 28.1 Å². The van der Waals surface area contributed by atoms with Gasteiger partial charge in [-0.3, -0.25) is 4.79 Å². The fraction of sp³-hybridized carbons (Fsp3) is 0.125. The number of carbonyl (C=O) groups excluding carboxylic acids is 1. The van der Waals surface area contributed by atoms with Gasteiger partial charge in [-0.2, -0.15) is 0 Å². The van der Waals surface area contributed by atoms with Gasteiger partial charge >= 0.3 is 0 Å². The summed E-state index contributed by atoms with van der Waals surface area (Å²) in [6.07, 6.45) is 1.97. The summed E-state index contributed by atoms with van der Waals surface area (Å²) in [4.78, 5) is 15.2. The first-order chi connectivity index (χ1) is 11.5. The molecule has 0 radical (unpaired) electrons. The standard InChI is InChI=1S/C15H10BrF2N3O.CH4O/c1-21-7-19-15-12(21)4-8(6-22)14(13(15)18)20-11-3-2-9(16)5-10(11)17;1-2/h2-7,20H,1H3;2H,1H3. The van der Waals surface area contributed by atoms with Crippen LogP contribution in [0.4, 0.5) is 20.2 Å². The molecule has 0 saturated carbocycles. The highest BCUT2D eigenvalue weighted by Gasteiger charge is 2.17. The molecule has 0 bridgehead atoms. The number of hydrogen-bond donors (Lipinski definition) is 2. The first-order valence-electron chi connectivity index (χ1n) is 6.76. The Morgan fingerprint density at radius 2 is 2.00 bits per heavy atom. The topological polar surface area (TPSA) is 67.2 Å². The van der Waals surface area contributed by atoms with Crippen molar-refractivity contribution in [2.45, 2.75) is 0 Å². The maximum Gasteiger partial charge on any atom is 0.175 e. The summed E-state index contributed by atoms with van der Waals surface area (Å²) in [6.45, 7) is 0. The highest BCUT2D eigenvalue weighted by molar-refractivity contribution is 9.10. The number of carbonyl (C=O) groups is 1. The Labute approximate surface area is 145 Å². The fourth-order valence-corrected chi connectivity index (χ4v) is 2.52. The lowest BCUT2D eigenvalue weighted by atomic mass is 10.1. The van der Waals surface area contributed by atoms with E-state index in [0.29, 0.717) is 16.3 Å². The predicted octanol–water partition coefficient (Wildman–Crippen LogP) is 3.78. The number of hydrogen-bond acceptors (Lipinski definition) is 4. The summed E-state index contributed by atoms with van der Waals surface area (Å²) in [5.41, 5.74) is 0.674. The molecule has 0 fully saturated rings. The van der Waals surface area contributed by atoms with Crippen LogP contribution in [0.1, 0.15) is 10.4 Å². The number of anilines is 2. The van der Waals surface area contributed by atoms with Gasteiger partial charge in [0.1, 0.15) is 11.3 Å². The minimum Gasteiger partial charge on any atom is -0.400 e. The van der Waals surface area contributed by atoms with E-state index in [1.807, 2.05) is 0 Å². The maximum atomic E-state index is 14.6. The fourth-order valence-electron chi connectivity index (χ4n) is 2.19. The molecule has 0 aliphatic rings. The van der Waals surface area contributed by atoms with Gasteiger partial charge in [-0.1, -0.05) is 15.9 Å². The normalized spacial score (nSPS) is 10.2. The summed E-state index contributed by atoms with van der Waals surface area (Å²) < 4.78 is 30.7. The second-order valence-electron chi connectivity index (χ2n) is 4.75. The van der Waals surface area contributed by atoms with Gasteiger partial charge in [0.05, 0.1) is 23.2 Å². The third-order valence-electron chi connectivity index (χ3n) is 3.31. The van der Waals surface area contributed by atoms with Crippen molar-refractivity contribution in [2.75, 3.05) is 12.4 Å². The van der Waals surface area contributed by atoms with Crippen molar-refractivity contribution >= 4 is 44.6 Å². The van der Waals surface area contributed by atoms with Crippen LogP contribution in [-0.2, 0) is 7.05 Å². The van der Waals surface area contributed by atoms with E-state index in [2.05, 4.69) is 26.2 Å². The average Bonchev–Trinajstić information content (AvgIpc) is 2.95. The van der Waals surface area contributed by atoms with Crippen LogP contribution in [0.15, 0.2) is 35.1 Å². The third-order valence-corrected chi connectivity index (χ3v) is 3.80. The molecule has 24 heavy (non-hydrogen) atoms. The zero-order valence-corrected chi connectivity index (χ0v) is 14.4. The van der Waals surface area contributed by atoms with Crippen molar-refractivity contribution in [1.29, 1.82) is 0 Å². The quantitative estimate of drug-likeness (QED) is 0.660. The number of aldehydes is 1. The molecule has 0 unspecified atom stereocenters. The molecule has 3 aromatic rings. The Hall–Kier alpha value is -2.32. The number of benzene rings is 2. The Morgan fingerprint density at radius 3 is 2.62 bits per heavy atom. The Kier molecular flexibility index (Phi) is 5.63. The summed E-state index contributed by atoms with van der Waals surface area (Å²) in [6, 6.07) is 5.83. The van der Waals surface area contributed by atoms with Crippen LogP contribution in [0.3, 0.4) is 0 Å². The van der Waals surface area contributed by atoms with E-state index in [-0.39, 0.29) is 22.5 Å². The van der Waals surface area contributed by atoms with Gasteiger partial charge in [-0.25, -0.2) is 13.8 Å². The molecule has 1 aromatic heterocycles. The number of nitrogens with one attached hydrogen (secondary N) is 1. The van der Waals surface area contributed by atoms with E-state index >= 15 is 0 Å². The third kappa shape index (κ3) is 3.29. The first kappa shape index (κ1) is 18.0. The number of aromatic nitrogens is 2. The van der Waals surface area contributed by atoms with E-state index in [0.717, 1.165) is 7.11 Å². The number of aliphatic hydroxyl groups excluding tert-OH is 1. The van der Waals surface area contributed by atoms with Gasteiger partial charge in [0.15, 0.2) is 12.1 Å². The van der Waals surface area contributed by atoms with Crippen molar-refractivity contribution in [3.63, 3.8) is 0 Å². The molecule has 2 aromatic carbocycles. The largest absolute Gasteiger partial charge is 0.400 e. The molecule has 0 aliphatic heterocycles. The number of nitrogens with zero attached hydrogens (tertiary/aromatic N) is 2. The van der Waals surface area contributed by atoms with Crippen LogP contribution in [0.2, 0.25) is 0 Å². The van der Waals surface area contributed by atoms with Crippen molar-refractivity contribution in [3.8, 4) is 0 Å². The van der Waals surface area contributed by atoms with E-state index in [4.69, 9.17) is 5.11 Å². The lowest BCUT2D eigenvalue weighted by Gasteiger charge is -2.12. The predicted molar refractivity (Wildman–Crippen MR) is 91.6 cm³/mol. The molecular weight excluding hydrogens is 384 g/mol. The molecule has 8 heteroatoms. The lowest BCUT2D eigenvalue weighted by Crippen LogP contribution is -2.02. The Morgan fingerprint density at radius 1 is 1.29 bits per heavy atom. The molecule has 0 amide bonds. The molecule has 0 spiro atoms. The van der Waals surface area contributed by atoms with Gasteiger partial charge in [0.2, 0.25) is 0 Å². The number of imidazole rings is 1. The molecule has 0 saturated heterocycles. The number of fused-ring (bicyclic) bond motifs is 1. The van der Waals surface area contributed by atoms with Crippen LogP contribution < -0.4 is 5.32 Å². The average molecular weight is 398 g/mol. The SMILES string of the molecule is CO.Cn1cnc2c(F)c(Nc3ccc(Br)cc3F)c(C=O)cc21. The van der Waals surface area contributed by atoms with Crippen molar-refractivity contribution in [3.05, 3.63) is 52.3 Å². The second-order valence-corrected chi connectivity index (χ2v) is 5.66. The lowest BCUT2D eigenvalue weighted by molar-refractivity contribution is 0.112. The van der Waals surface area contributed by atoms with Crippen LogP contribution in [0.25, 0.3) is 11.0 Å². The smallest absolute Gasteiger partial charge is 0.175 e. The first-order valence-corrected chi connectivity index (χ1v) is 7.56. The molecule has 126 valence electrons. The van der Waals surface area contributed by atoms with Gasteiger partial charge < -0.3 is 15.0 Å². The van der Waals surface area contributed by atoms with Crippen molar-refractivity contribution in [1.82, 2.24) is 9.55 Å². The minimum atomic E-state index is -0.692. The molecule has 0 aliphatic carbocycles. The molecule has 1 heterocycles. The highest BCUT2D eigenvalue weighted by Crippen LogP contribution is 2.31. The molecule has 5 nitrogen and oxygen atoms in total. The molecule has 0 atom stereocenters. The van der Waals surface area contributed by atoms with Gasteiger partial charge in [0.25, 0.3) is 0 Å². The Bertz CT molecular complexity index is 897. The Balaban J connectivity index is 0.00000100. The number of rotatable bonds is 3. The summed E-state index contributed by atoms with van der Waals surface area (Å²) >= 11 is 3.15. The number of aryl methyl sites for hydroxylation is 1. The summed E-state index contributed by atoms with van der Waals surface area (Å²) in [7, 11) is 2.70. The van der Waals surface area contributed by atoms with Gasteiger partial charge in [-0.15, -0.1) is 0 Å². The van der Waals surface area contributed by atoms with Crippen LogP contribution in [0.5, 0.6) is 0 Å². The van der Waals surface area contributed by atoms with Gasteiger partial charge in [-0.05, 0) is 24.3 Å². The number of aliphatic hydroxyl groups is 1. The van der Waals surface area contributed by atoms with Crippen molar-refractivity contribution in [2.24, 2.45) is 7.05 Å². The second kappa shape index (κ2) is 7.50. The highest BCUT2D eigenvalue weighted by atomic mass is 79.9. The molecule has 2 N–H and O–H groups in total. The molecular formula is C16H14BrF2N3O2. The van der Waals surface area contributed by atoms with Crippen molar-refractivity contribution < 1.29 is 18.7 Å². The minimum absolute atomic E-state index is 0.0699. The van der Waals surface area contributed by atoms with E-state index in [1.54, 1.807) is 17.7 Å². The maximum absolute atomic E-state index is 14.6. The van der Waals surface area contributed by atoms with Crippen LogP contribution >= 0.6 is 15.9 Å². The number of halogens is 3. The monoisotopic (exact) mass is 397 g/mol. The summed E-state index contributed by atoms with van der Waals surface area (Å²) in [5.74, 6) is -1.26. The molecule has 3 rings (SSSR count).